The summed E-state index contributed by atoms with van der Waals surface area (Å²) in [6.07, 6.45) is 0.136. The minimum atomic E-state index is -4.79. The van der Waals surface area contributed by atoms with Crippen molar-refractivity contribution in [2.45, 2.75) is 25.4 Å². The van der Waals surface area contributed by atoms with Crippen LogP contribution in [0.1, 0.15) is 24.1 Å². The number of halogens is 5. The zero-order chi connectivity index (χ0) is 32.8. The van der Waals surface area contributed by atoms with Crippen LogP contribution in [0.3, 0.4) is 0 Å². The van der Waals surface area contributed by atoms with Crippen molar-refractivity contribution in [3.05, 3.63) is 91.8 Å². The molecule has 4 atom stereocenters. The summed E-state index contributed by atoms with van der Waals surface area (Å²) in [5, 5.41) is 11.6. The van der Waals surface area contributed by atoms with Crippen LogP contribution in [0.5, 0.6) is 11.5 Å². The molecule has 2 aliphatic heterocycles. The smallest absolute Gasteiger partial charge is 0.433 e. The van der Waals surface area contributed by atoms with E-state index in [1.165, 1.54) is 25.5 Å². The fourth-order valence-electron chi connectivity index (χ4n) is 7.21. The number of ether oxygens (including phenoxy) is 1. The number of hydrogen-bond acceptors (Lipinski definition) is 8. The predicted octanol–water partition coefficient (Wildman–Crippen LogP) is 5.62. The molecule has 0 bridgehead atoms. The Kier molecular flexibility index (Phi) is 7.05. The van der Waals surface area contributed by atoms with Gasteiger partial charge in [-0.15, -0.1) is 0 Å². The molecule has 2 amide bonds. The van der Waals surface area contributed by atoms with Crippen molar-refractivity contribution in [1.82, 2.24) is 9.99 Å². The van der Waals surface area contributed by atoms with E-state index in [0.717, 1.165) is 16.1 Å². The number of phenolic OH excluding ortho intramolecular Hbond substituents is 1. The second kappa shape index (κ2) is 10.7. The highest BCUT2D eigenvalue weighted by Gasteiger charge is 2.58. The summed E-state index contributed by atoms with van der Waals surface area (Å²) >= 11 is 9.39. The molecule has 3 heterocycles. The fourth-order valence-corrected chi connectivity index (χ4v) is 7.88. The van der Waals surface area contributed by atoms with Crippen LogP contribution in [0.4, 0.5) is 19.0 Å². The number of aromatic hydroxyl groups is 1. The average molecular weight is 717 g/mol. The van der Waals surface area contributed by atoms with E-state index in [1.54, 1.807) is 12.1 Å². The first kappa shape index (κ1) is 30.4. The lowest BCUT2D eigenvalue weighted by Gasteiger charge is -2.43. The minimum Gasteiger partial charge on any atom is -0.508 e. The van der Waals surface area contributed by atoms with E-state index in [2.05, 4.69) is 20.9 Å². The number of benzene rings is 1. The van der Waals surface area contributed by atoms with Gasteiger partial charge in [0, 0.05) is 42.2 Å². The number of Topliss-reactive ketones (excluding diaryl/α,β-unsaturated/α-hetero) is 1. The van der Waals surface area contributed by atoms with Gasteiger partial charge in [-0.3, -0.25) is 24.2 Å². The summed E-state index contributed by atoms with van der Waals surface area (Å²) < 4.78 is 46.3. The normalized spacial score (nSPS) is 25.6. The molecule has 2 aromatic rings. The van der Waals surface area contributed by atoms with E-state index in [0.29, 0.717) is 28.5 Å². The van der Waals surface area contributed by atoms with Gasteiger partial charge in [0.15, 0.2) is 17.4 Å². The predicted molar refractivity (Wildman–Crippen MR) is 160 cm³/mol. The van der Waals surface area contributed by atoms with Crippen LogP contribution in [0.15, 0.2) is 75.5 Å². The molecule has 1 fully saturated rings. The maximum Gasteiger partial charge on any atom is 0.433 e. The summed E-state index contributed by atoms with van der Waals surface area (Å²) in [7, 11) is 1.24. The maximum atomic E-state index is 14.2. The Labute approximate surface area is 272 Å². The first-order valence-electron chi connectivity index (χ1n) is 14.2. The number of carbonyl (C=O) groups is 4. The van der Waals surface area contributed by atoms with Gasteiger partial charge in [-0.1, -0.05) is 23.3 Å². The van der Waals surface area contributed by atoms with Crippen LogP contribution in [0.25, 0.3) is 0 Å². The first-order chi connectivity index (χ1) is 21.8. The molecule has 0 radical (unpaired) electrons. The SMILES string of the molecule is CN(c1nc(C(F)(F)F)ccc1Cl)N1C(=O)C2CC=C3C(C4=COc5ccc(O)cc5C4)C4=C(CC3C2C1=O)C(=O)C(Br)=CC4=O. The standard InChI is InChI=1S/C32H22BrClF3N3O6/c1-39(29-21(34)5-7-24(38-29)32(35,36)37)40-30(44)17-4-3-16-18(26(17)31(40)45)10-19-27(22(42)11-20(33)28(19)43)25(16)14-8-13-9-15(41)2-6-23(13)46-12-14/h2-3,5-7,9,11-12,17-18,25-26,41H,4,8,10H2,1H3. The number of amides is 2. The van der Waals surface area contributed by atoms with Crippen molar-refractivity contribution in [3.63, 3.8) is 0 Å². The van der Waals surface area contributed by atoms with Crippen LogP contribution in [-0.4, -0.2) is 45.5 Å². The average Bonchev–Trinajstić information content (AvgIpc) is 3.27. The molecular formula is C32H22BrClF3N3O6. The highest BCUT2D eigenvalue weighted by atomic mass is 79.9. The zero-order valence-electron chi connectivity index (χ0n) is 23.8. The van der Waals surface area contributed by atoms with E-state index < -0.39 is 59.0 Å². The number of carbonyl (C=O) groups excluding carboxylic acids is 4. The van der Waals surface area contributed by atoms with Crippen molar-refractivity contribution >= 4 is 56.7 Å². The number of hydrazine groups is 1. The van der Waals surface area contributed by atoms with E-state index in [1.807, 2.05) is 6.08 Å². The summed E-state index contributed by atoms with van der Waals surface area (Å²) in [5.41, 5.74) is 1.19. The number of pyridine rings is 1. The molecule has 1 saturated heterocycles. The van der Waals surface area contributed by atoms with Crippen molar-refractivity contribution < 1.29 is 42.2 Å². The van der Waals surface area contributed by atoms with Gasteiger partial charge < -0.3 is 9.84 Å². The van der Waals surface area contributed by atoms with Gasteiger partial charge in [-0.25, -0.2) is 4.98 Å². The monoisotopic (exact) mass is 715 g/mol. The molecule has 1 aromatic carbocycles. The summed E-state index contributed by atoms with van der Waals surface area (Å²) in [4.78, 5) is 58.5. The number of ketones is 2. The van der Waals surface area contributed by atoms with Crippen LogP contribution in [0.2, 0.25) is 5.02 Å². The van der Waals surface area contributed by atoms with E-state index in [9.17, 15) is 37.5 Å². The molecule has 1 N–H and O–H groups in total. The third-order valence-electron chi connectivity index (χ3n) is 9.18. The number of nitrogens with zero attached hydrogens (tertiary/aromatic N) is 3. The molecule has 236 valence electrons. The molecular weight excluding hydrogens is 695 g/mol. The largest absolute Gasteiger partial charge is 0.508 e. The highest BCUT2D eigenvalue weighted by molar-refractivity contribution is 9.12. The molecule has 46 heavy (non-hydrogen) atoms. The lowest BCUT2D eigenvalue weighted by molar-refractivity contribution is -0.141. The first-order valence-corrected chi connectivity index (χ1v) is 15.3. The Balaban J connectivity index is 1.29. The van der Waals surface area contributed by atoms with Gasteiger partial charge in [-0.05, 0) is 70.6 Å². The molecule has 9 nitrogen and oxygen atoms in total. The summed E-state index contributed by atoms with van der Waals surface area (Å²) in [6, 6.07) is 6.35. The van der Waals surface area contributed by atoms with E-state index in [4.69, 9.17) is 16.3 Å². The Morgan fingerprint density at radius 1 is 1.11 bits per heavy atom. The van der Waals surface area contributed by atoms with E-state index >= 15 is 0 Å². The maximum absolute atomic E-state index is 14.2. The van der Waals surface area contributed by atoms with Gasteiger partial charge in [-0.2, -0.15) is 18.2 Å². The summed E-state index contributed by atoms with van der Waals surface area (Å²) in [6.45, 7) is 0. The molecule has 14 heteroatoms. The molecule has 3 aliphatic carbocycles. The quantitative estimate of drug-likeness (QED) is 0.247. The number of imide groups is 1. The number of fused-ring (bicyclic) bond motifs is 4. The van der Waals surface area contributed by atoms with Crippen molar-refractivity contribution in [1.29, 1.82) is 0 Å². The zero-order valence-corrected chi connectivity index (χ0v) is 26.1. The lowest BCUT2D eigenvalue weighted by Crippen LogP contribution is -2.46. The van der Waals surface area contributed by atoms with Gasteiger partial charge in [0.25, 0.3) is 11.8 Å². The van der Waals surface area contributed by atoms with Crippen LogP contribution < -0.4 is 9.75 Å². The third kappa shape index (κ3) is 4.62. The van der Waals surface area contributed by atoms with Gasteiger partial charge in [0.1, 0.15) is 17.2 Å². The minimum absolute atomic E-state index is 0.00298. The Hall–Kier alpha value is -4.23. The number of allylic oxidation sites excluding steroid dienone is 7. The van der Waals surface area contributed by atoms with Gasteiger partial charge >= 0.3 is 6.18 Å². The van der Waals surface area contributed by atoms with Crippen molar-refractivity contribution in [3.8, 4) is 11.5 Å². The second-order valence-electron chi connectivity index (χ2n) is 11.7. The van der Waals surface area contributed by atoms with E-state index in [-0.39, 0.29) is 51.4 Å². The van der Waals surface area contributed by atoms with Crippen LogP contribution in [0, 0.1) is 23.7 Å². The second-order valence-corrected chi connectivity index (χ2v) is 12.9. The third-order valence-corrected chi connectivity index (χ3v) is 10.1. The lowest BCUT2D eigenvalue weighted by atomic mass is 9.59. The number of anilines is 1. The number of phenols is 1. The summed E-state index contributed by atoms with van der Waals surface area (Å²) in [5.74, 6) is -5.30. The number of rotatable bonds is 3. The van der Waals surface area contributed by atoms with Gasteiger partial charge in [0.05, 0.1) is 27.6 Å². The number of aromatic nitrogens is 1. The van der Waals surface area contributed by atoms with Crippen LogP contribution in [-0.2, 0) is 31.8 Å². The molecule has 1 aromatic heterocycles. The van der Waals surface area contributed by atoms with Crippen molar-refractivity contribution in [2.24, 2.45) is 23.7 Å². The molecule has 5 aliphatic rings. The van der Waals surface area contributed by atoms with Crippen molar-refractivity contribution in [2.75, 3.05) is 12.1 Å². The Morgan fingerprint density at radius 3 is 2.61 bits per heavy atom. The van der Waals surface area contributed by atoms with Crippen LogP contribution >= 0.6 is 27.5 Å². The fraction of sp³-hybridized carbons (Fsp3) is 0.281. The highest BCUT2D eigenvalue weighted by Crippen LogP contribution is 2.55. The topological polar surface area (TPSA) is 117 Å². The molecule has 7 rings (SSSR count). The molecule has 4 unspecified atom stereocenters. The number of hydrogen-bond donors (Lipinski definition) is 1. The molecule has 0 spiro atoms. The Bertz CT molecular complexity index is 1920. The van der Waals surface area contributed by atoms with Gasteiger partial charge in [0.2, 0.25) is 0 Å². The Morgan fingerprint density at radius 2 is 1.87 bits per heavy atom. The molecule has 0 saturated carbocycles. The number of alkyl halides is 3.